The summed E-state index contributed by atoms with van der Waals surface area (Å²) in [4.78, 5) is 0. The van der Waals surface area contributed by atoms with E-state index in [4.69, 9.17) is 0 Å². The molecule has 0 N–H and O–H groups in total. The lowest BCUT2D eigenvalue weighted by molar-refractivity contribution is -0.651. The maximum Gasteiger partial charge on any atom is 0.254 e. The van der Waals surface area contributed by atoms with Crippen molar-refractivity contribution in [3.05, 3.63) is 54.4 Å². The second-order valence-corrected chi connectivity index (χ2v) is 5.70. The van der Waals surface area contributed by atoms with E-state index in [9.17, 15) is 0 Å². The molecule has 0 atom stereocenters. The molecule has 2 nitrogen and oxygen atoms in total. The van der Waals surface area contributed by atoms with E-state index in [2.05, 4.69) is 78.6 Å². The number of nitrogens with zero attached hydrogens (tertiary/aromatic N) is 2. The van der Waals surface area contributed by atoms with Crippen LogP contribution in [0.4, 0.5) is 0 Å². The first kappa shape index (κ1) is 12.4. The van der Waals surface area contributed by atoms with E-state index in [0.29, 0.717) is 0 Å². The second kappa shape index (κ2) is 4.32. The Balaban J connectivity index is 2.25. The Labute approximate surface area is 124 Å². The lowest BCUT2D eigenvalue weighted by Crippen LogP contribution is -2.31. The van der Waals surface area contributed by atoms with E-state index in [1.54, 1.807) is 0 Å². The Kier molecular flexibility index (Phi) is 2.55. The van der Waals surface area contributed by atoms with Gasteiger partial charge in [0.15, 0.2) is 11.0 Å². The Bertz CT molecular complexity index is 993. The van der Waals surface area contributed by atoms with E-state index < -0.39 is 0 Å². The average molecular weight is 275 g/mol. The number of aromatic nitrogens is 2. The standard InChI is InChI=1S/C19H19N2/c1-4-21-13(2)20(3)19-17-12-15-8-6-5-7-14(15)11-16(17)9-10-18(19)21/h5-12H,4H2,1-3H3/q+1. The summed E-state index contributed by atoms with van der Waals surface area (Å²) in [6, 6.07) is 17.7. The number of hydrogen-bond donors (Lipinski definition) is 0. The van der Waals surface area contributed by atoms with Crippen LogP contribution in [0.25, 0.3) is 32.6 Å². The van der Waals surface area contributed by atoms with Crippen molar-refractivity contribution in [2.45, 2.75) is 20.4 Å². The topological polar surface area (TPSA) is 8.81 Å². The number of rotatable bonds is 1. The molecule has 0 unspecified atom stereocenters. The summed E-state index contributed by atoms with van der Waals surface area (Å²) in [5.41, 5.74) is 2.65. The van der Waals surface area contributed by atoms with Gasteiger partial charge in [-0.3, -0.25) is 0 Å². The predicted molar refractivity (Wildman–Crippen MR) is 88.5 cm³/mol. The molecule has 0 amide bonds. The van der Waals surface area contributed by atoms with Crippen LogP contribution in [0, 0.1) is 6.92 Å². The maximum atomic E-state index is 2.38. The summed E-state index contributed by atoms with van der Waals surface area (Å²) in [6.07, 6.45) is 0. The third kappa shape index (κ3) is 1.62. The van der Waals surface area contributed by atoms with Crippen molar-refractivity contribution in [2.75, 3.05) is 0 Å². The third-order valence-corrected chi connectivity index (χ3v) is 4.65. The molecule has 0 fully saturated rings. The highest BCUT2D eigenvalue weighted by molar-refractivity contribution is 6.08. The Hall–Kier alpha value is -2.35. The molecule has 0 aliphatic heterocycles. The van der Waals surface area contributed by atoms with Crippen molar-refractivity contribution in [1.29, 1.82) is 0 Å². The fraction of sp³-hybridized carbons (Fsp3) is 0.211. The van der Waals surface area contributed by atoms with Crippen molar-refractivity contribution >= 4 is 32.6 Å². The molecule has 104 valence electrons. The van der Waals surface area contributed by atoms with Gasteiger partial charge in [0.05, 0.1) is 13.6 Å². The van der Waals surface area contributed by atoms with Gasteiger partial charge in [-0.15, -0.1) is 0 Å². The van der Waals surface area contributed by atoms with Crippen molar-refractivity contribution in [1.82, 2.24) is 4.57 Å². The van der Waals surface area contributed by atoms with Gasteiger partial charge in [-0.2, -0.15) is 0 Å². The van der Waals surface area contributed by atoms with E-state index >= 15 is 0 Å². The van der Waals surface area contributed by atoms with Crippen LogP contribution in [0.2, 0.25) is 0 Å². The van der Waals surface area contributed by atoms with E-state index in [1.165, 1.54) is 38.4 Å². The maximum absolute atomic E-state index is 2.38. The first-order chi connectivity index (χ1) is 10.2. The van der Waals surface area contributed by atoms with Crippen LogP contribution in [0.5, 0.6) is 0 Å². The minimum Gasteiger partial charge on any atom is -0.230 e. The van der Waals surface area contributed by atoms with Gasteiger partial charge < -0.3 is 0 Å². The average Bonchev–Trinajstić information content (AvgIpc) is 2.76. The van der Waals surface area contributed by atoms with Gasteiger partial charge in [0, 0.05) is 12.3 Å². The molecule has 0 radical (unpaired) electrons. The summed E-state index contributed by atoms with van der Waals surface area (Å²) < 4.78 is 4.69. The molecule has 1 aromatic heterocycles. The zero-order valence-electron chi connectivity index (χ0n) is 12.7. The van der Waals surface area contributed by atoms with Gasteiger partial charge in [0.25, 0.3) is 5.82 Å². The second-order valence-electron chi connectivity index (χ2n) is 5.70. The molecular formula is C19H19N2+. The van der Waals surface area contributed by atoms with Crippen LogP contribution >= 0.6 is 0 Å². The quantitative estimate of drug-likeness (QED) is 0.365. The van der Waals surface area contributed by atoms with Crippen molar-refractivity contribution in [3.63, 3.8) is 0 Å². The van der Waals surface area contributed by atoms with Gasteiger partial charge in [0.2, 0.25) is 0 Å². The first-order valence-corrected chi connectivity index (χ1v) is 7.51. The van der Waals surface area contributed by atoms with Gasteiger partial charge in [0.1, 0.15) is 0 Å². The number of aryl methyl sites for hydroxylation is 2. The molecule has 4 rings (SSSR count). The van der Waals surface area contributed by atoms with Crippen molar-refractivity contribution in [2.24, 2.45) is 7.05 Å². The lowest BCUT2D eigenvalue weighted by Gasteiger charge is -2.02. The summed E-state index contributed by atoms with van der Waals surface area (Å²) >= 11 is 0. The Morgan fingerprint density at radius 2 is 1.67 bits per heavy atom. The van der Waals surface area contributed by atoms with E-state index in [0.717, 1.165) is 6.54 Å². The predicted octanol–water partition coefficient (Wildman–Crippen LogP) is 4.10. The summed E-state index contributed by atoms with van der Waals surface area (Å²) in [6.45, 7) is 5.40. The molecular weight excluding hydrogens is 256 g/mol. The minimum atomic E-state index is 1.00. The molecule has 4 aromatic rings. The molecule has 1 heterocycles. The molecule has 0 aliphatic rings. The molecule has 0 saturated carbocycles. The zero-order valence-corrected chi connectivity index (χ0v) is 12.7. The molecule has 21 heavy (non-hydrogen) atoms. The van der Waals surface area contributed by atoms with Crippen LogP contribution in [0.15, 0.2) is 48.5 Å². The SMILES string of the molecule is CCn1c(C)[n+](C)c2c3cc4ccccc4cc3ccc21. The third-order valence-electron chi connectivity index (χ3n) is 4.65. The fourth-order valence-corrected chi connectivity index (χ4v) is 3.47. The zero-order chi connectivity index (χ0) is 14.6. The molecule has 2 heteroatoms. The van der Waals surface area contributed by atoms with Gasteiger partial charge in [-0.05, 0) is 47.3 Å². The van der Waals surface area contributed by atoms with Gasteiger partial charge in [-0.1, -0.05) is 24.3 Å². The van der Waals surface area contributed by atoms with Crippen molar-refractivity contribution < 1.29 is 4.57 Å². The van der Waals surface area contributed by atoms with Crippen LogP contribution < -0.4 is 4.57 Å². The van der Waals surface area contributed by atoms with Crippen LogP contribution in [-0.4, -0.2) is 4.57 Å². The first-order valence-electron chi connectivity index (χ1n) is 7.51. The molecule has 0 saturated heterocycles. The highest BCUT2D eigenvalue weighted by Gasteiger charge is 2.20. The summed E-state index contributed by atoms with van der Waals surface area (Å²) in [5.74, 6) is 1.30. The fourth-order valence-electron chi connectivity index (χ4n) is 3.47. The highest BCUT2D eigenvalue weighted by atomic mass is 15.1. The number of benzene rings is 3. The lowest BCUT2D eigenvalue weighted by atomic mass is 10.0. The molecule has 0 bridgehead atoms. The Morgan fingerprint density at radius 1 is 0.952 bits per heavy atom. The van der Waals surface area contributed by atoms with Crippen LogP contribution in [0.1, 0.15) is 12.7 Å². The smallest absolute Gasteiger partial charge is 0.230 e. The number of hydrogen-bond acceptors (Lipinski definition) is 0. The molecule has 0 aliphatic carbocycles. The monoisotopic (exact) mass is 275 g/mol. The van der Waals surface area contributed by atoms with Crippen LogP contribution in [0.3, 0.4) is 0 Å². The highest BCUT2D eigenvalue weighted by Crippen LogP contribution is 2.28. The van der Waals surface area contributed by atoms with E-state index in [1.807, 2.05) is 0 Å². The number of imidazole rings is 1. The van der Waals surface area contributed by atoms with Gasteiger partial charge >= 0.3 is 0 Å². The summed E-state index contributed by atoms with van der Waals surface area (Å²) in [5, 5.41) is 5.26. The molecule has 3 aromatic carbocycles. The van der Waals surface area contributed by atoms with E-state index in [-0.39, 0.29) is 0 Å². The minimum absolute atomic E-state index is 1.00. The number of fused-ring (bicyclic) bond motifs is 4. The Morgan fingerprint density at radius 3 is 2.38 bits per heavy atom. The summed E-state index contributed by atoms with van der Waals surface area (Å²) in [7, 11) is 2.17. The molecule has 0 spiro atoms. The van der Waals surface area contributed by atoms with Gasteiger partial charge in [-0.25, -0.2) is 9.13 Å². The normalized spacial score (nSPS) is 11.8. The van der Waals surface area contributed by atoms with Crippen molar-refractivity contribution in [3.8, 4) is 0 Å². The van der Waals surface area contributed by atoms with Crippen LogP contribution in [-0.2, 0) is 13.6 Å². The largest absolute Gasteiger partial charge is 0.254 e.